The quantitative estimate of drug-likeness (QED) is 0.128. The molecule has 2 aromatic heterocycles. The lowest BCUT2D eigenvalue weighted by atomic mass is 9.86. The fraction of sp³-hybridized carbons (Fsp3) is 0.333. The van der Waals surface area contributed by atoms with Crippen molar-refractivity contribution in [1.29, 1.82) is 0 Å². The van der Waals surface area contributed by atoms with E-state index in [4.69, 9.17) is 15.3 Å². The molecule has 0 saturated carbocycles. The van der Waals surface area contributed by atoms with Gasteiger partial charge in [-0.2, -0.15) is 0 Å². The number of rotatable bonds is 11. The summed E-state index contributed by atoms with van der Waals surface area (Å²) in [7, 11) is 0. The Morgan fingerprint density at radius 3 is 2.90 bits per heavy atom. The number of aromatic nitrogens is 2. The van der Waals surface area contributed by atoms with E-state index in [1.54, 1.807) is 0 Å². The minimum absolute atomic E-state index is 0.111. The smallest absolute Gasteiger partial charge is 0.353 e. The Kier molecular flexibility index (Phi) is 8.18. The van der Waals surface area contributed by atoms with Crippen LogP contribution in [0.5, 0.6) is 5.75 Å². The summed E-state index contributed by atoms with van der Waals surface area (Å²) in [5.74, 6) is -1.86. The van der Waals surface area contributed by atoms with Gasteiger partial charge in [-0.1, -0.05) is 16.9 Å². The van der Waals surface area contributed by atoms with E-state index in [9.17, 15) is 23.9 Å². The fourth-order valence-corrected chi connectivity index (χ4v) is 7.24. The van der Waals surface area contributed by atoms with Crippen molar-refractivity contribution in [3.63, 3.8) is 0 Å². The first-order chi connectivity index (χ1) is 19.3. The third kappa shape index (κ3) is 5.46. The molecule has 210 valence electrons. The number of aliphatic carboxylic acids is 1. The molecule has 4 heterocycles. The molecule has 0 bridgehead atoms. The first-order valence-corrected chi connectivity index (χ1v) is 14.6. The standard InChI is InChI=1S/C24H23FN6O6S3/c1-2-36-11-3-4-12-16(9-11)40-24(28-12)39-15-6-5-14-18(21(33)31(14)19(15)22(34)35)29-20(32)17(30-37-8-7-25)13-10-38-23(26)27-13/h3-4,9-10,14,18H,2,5-8H2,1H3,(H2,26,27)(H,29,32)(H,34,35)/b30-17+/t14-,18+/m1/s1. The fourth-order valence-electron chi connectivity index (χ4n) is 4.37. The molecule has 0 spiro atoms. The van der Waals surface area contributed by atoms with Crippen molar-refractivity contribution < 1.29 is 33.5 Å². The van der Waals surface area contributed by atoms with Crippen LogP contribution in [-0.4, -0.2) is 75.4 Å². The third-order valence-electron chi connectivity index (χ3n) is 6.05. The Labute approximate surface area is 239 Å². The van der Waals surface area contributed by atoms with Crippen molar-refractivity contribution >= 4 is 73.3 Å². The zero-order chi connectivity index (χ0) is 28.4. The molecule has 2 aliphatic rings. The number of fused-ring (bicyclic) bond motifs is 2. The summed E-state index contributed by atoms with van der Waals surface area (Å²) < 4.78 is 19.6. The molecule has 1 saturated heterocycles. The Balaban J connectivity index is 1.34. The van der Waals surface area contributed by atoms with E-state index < -0.39 is 36.5 Å². The number of nitrogen functional groups attached to an aromatic ring is 1. The highest BCUT2D eigenvalue weighted by atomic mass is 32.2. The lowest BCUT2D eigenvalue weighted by molar-refractivity contribution is -0.155. The average Bonchev–Trinajstić information content (AvgIpc) is 3.54. The van der Waals surface area contributed by atoms with Crippen molar-refractivity contribution in [2.75, 3.05) is 25.6 Å². The number of thioether (sulfide) groups is 1. The average molecular weight is 607 g/mol. The molecule has 12 nitrogen and oxygen atoms in total. The lowest BCUT2D eigenvalue weighted by Crippen LogP contribution is -2.72. The highest BCUT2D eigenvalue weighted by Gasteiger charge is 2.54. The number of carbonyl (C=O) groups excluding carboxylic acids is 2. The van der Waals surface area contributed by atoms with Crippen molar-refractivity contribution in [3.8, 4) is 5.75 Å². The molecule has 3 aromatic rings. The van der Waals surface area contributed by atoms with Crippen LogP contribution < -0.4 is 15.8 Å². The molecular weight excluding hydrogens is 583 g/mol. The van der Waals surface area contributed by atoms with Crippen LogP contribution in [0, 0.1) is 0 Å². The second kappa shape index (κ2) is 11.8. The summed E-state index contributed by atoms with van der Waals surface area (Å²) >= 11 is 3.70. The second-order valence-corrected chi connectivity index (χ2v) is 11.8. The van der Waals surface area contributed by atoms with E-state index in [0.717, 1.165) is 27.3 Å². The lowest BCUT2D eigenvalue weighted by Gasteiger charge is -2.49. The number of thiazole rings is 2. The van der Waals surface area contributed by atoms with Crippen LogP contribution in [0.15, 0.2) is 43.7 Å². The summed E-state index contributed by atoms with van der Waals surface area (Å²) in [4.78, 5) is 53.6. The summed E-state index contributed by atoms with van der Waals surface area (Å²) in [6.45, 7) is 1.25. The topological polar surface area (TPSA) is 169 Å². The summed E-state index contributed by atoms with van der Waals surface area (Å²) in [6.07, 6.45) is 0.792. The number of benzene rings is 1. The maximum absolute atomic E-state index is 13.1. The number of ether oxygens (including phenoxy) is 1. The van der Waals surface area contributed by atoms with Gasteiger partial charge in [0.25, 0.3) is 11.8 Å². The number of hydrogen-bond donors (Lipinski definition) is 3. The normalized spacial score (nSPS) is 18.9. The second-order valence-electron chi connectivity index (χ2n) is 8.52. The molecule has 1 fully saturated rings. The number of nitrogens with zero attached hydrogens (tertiary/aromatic N) is 4. The molecule has 2 amide bonds. The zero-order valence-corrected chi connectivity index (χ0v) is 23.4. The van der Waals surface area contributed by atoms with Gasteiger partial charge in [0.1, 0.15) is 36.5 Å². The predicted octanol–water partition coefficient (Wildman–Crippen LogP) is 3.00. The number of oxime groups is 1. The summed E-state index contributed by atoms with van der Waals surface area (Å²) in [5.41, 5.74) is 6.14. The van der Waals surface area contributed by atoms with Crippen LogP contribution >= 0.6 is 34.4 Å². The molecule has 5 rings (SSSR count). The summed E-state index contributed by atoms with van der Waals surface area (Å²) in [5, 5.41) is 18.0. The van der Waals surface area contributed by atoms with Crippen molar-refractivity contribution in [3.05, 3.63) is 39.9 Å². The molecule has 16 heteroatoms. The van der Waals surface area contributed by atoms with Gasteiger partial charge in [-0.05, 0) is 38.0 Å². The molecule has 0 aliphatic carbocycles. The van der Waals surface area contributed by atoms with E-state index in [-0.39, 0.29) is 28.8 Å². The van der Waals surface area contributed by atoms with Gasteiger partial charge >= 0.3 is 5.97 Å². The number of nitrogens with one attached hydrogen (secondary N) is 1. The van der Waals surface area contributed by atoms with Gasteiger partial charge in [0.05, 0.1) is 22.9 Å². The molecule has 2 atom stereocenters. The number of carbonyl (C=O) groups is 3. The van der Waals surface area contributed by atoms with Crippen LogP contribution in [0.2, 0.25) is 0 Å². The van der Waals surface area contributed by atoms with Crippen molar-refractivity contribution in [2.24, 2.45) is 5.16 Å². The SMILES string of the molecule is CCOc1ccc2nc(SC3=C(C(=O)O)N4C(=O)[C@@H](NC(=O)/C(=N/OCCF)c5csc(N)n5)[C@H]4CC3)sc2c1. The van der Waals surface area contributed by atoms with Crippen molar-refractivity contribution in [1.82, 2.24) is 20.2 Å². The zero-order valence-electron chi connectivity index (χ0n) is 21.0. The number of alkyl halides is 1. The van der Waals surface area contributed by atoms with Gasteiger partial charge in [-0.3, -0.25) is 14.5 Å². The highest BCUT2D eigenvalue weighted by molar-refractivity contribution is 8.04. The Morgan fingerprint density at radius 2 is 2.20 bits per heavy atom. The molecule has 40 heavy (non-hydrogen) atoms. The van der Waals surface area contributed by atoms with Crippen LogP contribution in [0.1, 0.15) is 25.5 Å². The minimum atomic E-state index is -1.25. The Hall–Kier alpha value is -3.76. The van der Waals surface area contributed by atoms with E-state index in [0.29, 0.717) is 28.7 Å². The summed E-state index contributed by atoms with van der Waals surface area (Å²) in [6, 6.07) is 4.01. The molecule has 1 aromatic carbocycles. The molecule has 0 unspecified atom stereocenters. The van der Waals surface area contributed by atoms with E-state index in [1.165, 1.54) is 33.4 Å². The van der Waals surface area contributed by atoms with Crippen LogP contribution in [0.4, 0.5) is 9.52 Å². The number of carboxylic acid groups (broad SMARTS) is 1. The van der Waals surface area contributed by atoms with Gasteiger partial charge in [-0.25, -0.2) is 19.2 Å². The molecular formula is C24H23FN6O6S3. The largest absolute Gasteiger partial charge is 0.494 e. The van der Waals surface area contributed by atoms with Gasteiger partial charge in [0, 0.05) is 10.3 Å². The Bertz CT molecular complexity index is 1540. The number of carboxylic acids is 1. The van der Waals surface area contributed by atoms with Crippen molar-refractivity contribution in [2.45, 2.75) is 36.2 Å². The van der Waals surface area contributed by atoms with Crippen LogP contribution in [0.25, 0.3) is 10.2 Å². The number of halogens is 1. The minimum Gasteiger partial charge on any atom is -0.494 e. The highest BCUT2D eigenvalue weighted by Crippen LogP contribution is 2.45. The monoisotopic (exact) mass is 606 g/mol. The Morgan fingerprint density at radius 1 is 1.38 bits per heavy atom. The van der Waals surface area contributed by atoms with E-state index >= 15 is 0 Å². The number of hydrogen-bond acceptors (Lipinski definition) is 12. The number of anilines is 1. The predicted molar refractivity (Wildman–Crippen MR) is 148 cm³/mol. The number of amides is 2. The molecule has 4 N–H and O–H groups in total. The number of nitrogens with two attached hydrogens (primary N) is 1. The molecule has 2 aliphatic heterocycles. The first kappa shape index (κ1) is 27.8. The molecule has 0 radical (unpaired) electrons. The third-order valence-corrected chi connectivity index (χ3v) is 8.94. The van der Waals surface area contributed by atoms with Gasteiger partial charge < -0.3 is 25.7 Å². The van der Waals surface area contributed by atoms with E-state index in [2.05, 4.69) is 20.4 Å². The number of β-lactam (4-membered cyclic amide) rings is 1. The maximum atomic E-state index is 13.1. The maximum Gasteiger partial charge on any atom is 0.353 e. The van der Waals surface area contributed by atoms with Gasteiger partial charge in [-0.15, -0.1) is 22.7 Å². The van der Waals surface area contributed by atoms with Crippen LogP contribution in [-0.2, 0) is 19.2 Å². The number of allylic oxidation sites excluding steroid dienone is 1. The first-order valence-electron chi connectivity index (χ1n) is 12.1. The van der Waals surface area contributed by atoms with E-state index in [1.807, 2.05) is 25.1 Å². The van der Waals surface area contributed by atoms with Gasteiger partial charge in [0.15, 0.2) is 15.2 Å². The van der Waals surface area contributed by atoms with Gasteiger partial charge in [0.2, 0.25) is 0 Å². The van der Waals surface area contributed by atoms with Crippen LogP contribution in [0.3, 0.4) is 0 Å².